The third-order valence-electron chi connectivity index (χ3n) is 8.67. The van der Waals surface area contributed by atoms with Crippen molar-refractivity contribution in [2.75, 3.05) is 27.2 Å². The Balaban J connectivity index is 0.00000300. The summed E-state index contributed by atoms with van der Waals surface area (Å²) in [5.41, 5.74) is 2.74. The summed E-state index contributed by atoms with van der Waals surface area (Å²) >= 11 is 7.47. The van der Waals surface area contributed by atoms with Crippen LogP contribution < -0.4 is 10.1 Å². The minimum Gasteiger partial charge on any atom is -0.496 e. The molecule has 0 saturated heterocycles. The number of hydrogen-bond donors (Lipinski definition) is 1. The number of halogens is 5. The summed E-state index contributed by atoms with van der Waals surface area (Å²) in [7, 11) is 3.51. The van der Waals surface area contributed by atoms with E-state index in [1.165, 1.54) is 0 Å². The molecule has 2 aromatic carbocycles. The number of hydrogen-bond acceptors (Lipinski definition) is 6. The van der Waals surface area contributed by atoms with Crippen molar-refractivity contribution in [2.24, 2.45) is 0 Å². The van der Waals surface area contributed by atoms with Gasteiger partial charge >= 0.3 is 0 Å². The molecule has 254 valence electrons. The predicted octanol–water partition coefficient (Wildman–Crippen LogP) is 8.40. The highest BCUT2D eigenvalue weighted by molar-refractivity contribution is 7.21. The second-order valence-electron chi connectivity index (χ2n) is 11.1. The molecule has 7 nitrogen and oxygen atoms in total. The monoisotopic (exact) mass is 726 g/mol. The van der Waals surface area contributed by atoms with E-state index in [2.05, 4.69) is 10.3 Å². The number of thiophene rings is 1. The molecule has 0 atom stereocenters. The van der Waals surface area contributed by atoms with Gasteiger partial charge in [-0.2, -0.15) is 0 Å². The van der Waals surface area contributed by atoms with E-state index in [-0.39, 0.29) is 69.2 Å². The zero-order chi connectivity index (χ0) is 32.2. The second-order valence-corrected chi connectivity index (χ2v) is 12.5. The average Bonchev–Trinajstić information content (AvgIpc) is 3.43. The fourth-order valence-electron chi connectivity index (χ4n) is 6.07. The standard InChI is InChI=1S/C34H37ClF2N4O3S.2ClH/c1-5-40(6-2)33(42)27-18-21(15-16-39-27)20-7-14-28(44-4)22(17-20)19-41(24-10-8-23(38-3)9-11-24)34(43)32-30(35)29-25(36)12-13-26(37)31(29)45-32;;/h7,12-18,23-24,38H,5-6,8-11,19H2,1-4H3;2*1H. The Morgan fingerprint density at radius 1 is 0.979 bits per heavy atom. The summed E-state index contributed by atoms with van der Waals surface area (Å²) in [4.78, 5) is 35.2. The van der Waals surface area contributed by atoms with Crippen molar-refractivity contribution in [1.29, 1.82) is 0 Å². The lowest BCUT2D eigenvalue weighted by molar-refractivity contribution is 0.0604. The SMILES string of the molecule is CCN(CC)C(=O)c1cc(-c2ccc(OC)c(CN(C(=O)c3sc4c(F)ccc(F)c4c3Cl)C3CCC(NC)CC3)c2)ccn1.Cl.Cl. The molecule has 0 radical (unpaired) electrons. The van der Waals surface area contributed by atoms with Gasteiger partial charge in [0.25, 0.3) is 11.8 Å². The number of carbonyl (C=O) groups excluding carboxylic acids is 2. The van der Waals surface area contributed by atoms with Crippen LogP contribution in [0, 0.1) is 11.6 Å². The van der Waals surface area contributed by atoms with Crippen LogP contribution in [0.15, 0.2) is 48.7 Å². The highest BCUT2D eigenvalue weighted by atomic mass is 35.5. The Bertz CT molecular complexity index is 1710. The molecule has 1 aliphatic rings. The van der Waals surface area contributed by atoms with Gasteiger partial charge in [-0.15, -0.1) is 36.2 Å². The minimum absolute atomic E-state index is 0. The van der Waals surface area contributed by atoms with E-state index in [4.69, 9.17) is 16.3 Å². The first-order valence-corrected chi connectivity index (χ1v) is 16.4. The van der Waals surface area contributed by atoms with Crippen LogP contribution in [0.5, 0.6) is 5.75 Å². The second kappa shape index (κ2) is 16.9. The van der Waals surface area contributed by atoms with Crippen LogP contribution in [0.1, 0.15) is 65.3 Å². The minimum atomic E-state index is -0.668. The average molecular weight is 728 g/mol. The summed E-state index contributed by atoms with van der Waals surface area (Å²) in [6.07, 6.45) is 4.89. The van der Waals surface area contributed by atoms with Crippen LogP contribution in [0.2, 0.25) is 5.02 Å². The topological polar surface area (TPSA) is 74.8 Å². The molecule has 2 heterocycles. The van der Waals surface area contributed by atoms with Gasteiger partial charge in [0, 0.05) is 43.5 Å². The number of amides is 2. The van der Waals surface area contributed by atoms with Crippen LogP contribution in [0.25, 0.3) is 21.2 Å². The van der Waals surface area contributed by atoms with Crippen LogP contribution in [-0.2, 0) is 6.54 Å². The van der Waals surface area contributed by atoms with Gasteiger partial charge in [0.15, 0.2) is 0 Å². The molecule has 1 fully saturated rings. The van der Waals surface area contributed by atoms with Crippen molar-refractivity contribution in [3.63, 3.8) is 0 Å². The largest absolute Gasteiger partial charge is 0.496 e. The van der Waals surface area contributed by atoms with Crippen LogP contribution in [-0.4, -0.2) is 65.9 Å². The molecule has 2 amide bonds. The normalized spacial score (nSPS) is 15.8. The number of carbonyl (C=O) groups is 2. The molecule has 1 aliphatic carbocycles. The van der Waals surface area contributed by atoms with Gasteiger partial charge in [-0.1, -0.05) is 17.7 Å². The molecule has 0 aliphatic heterocycles. The highest BCUT2D eigenvalue weighted by Gasteiger charge is 2.33. The first kappa shape index (κ1) is 38.4. The maximum atomic E-state index is 14.7. The molecule has 13 heteroatoms. The van der Waals surface area contributed by atoms with Crippen molar-refractivity contribution in [2.45, 2.75) is 58.2 Å². The van der Waals surface area contributed by atoms with E-state index in [9.17, 15) is 18.4 Å². The molecular weight excluding hydrogens is 689 g/mol. The number of methoxy groups -OCH3 is 1. The molecule has 0 bridgehead atoms. The van der Waals surface area contributed by atoms with Crippen molar-refractivity contribution >= 4 is 69.7 Å². The summed E-state index contributed by atoms with van der Waals surface area (Å²) in [6, 6.07) is 11.6. The molecule has 5 rings (SSSR count). The van der Waals surface area contributed by atoms with Crippen LogP contribution in [0.4, 0.5) is 8.78 Å². The molecule has 2 aromatic heterocycles. The van der Waals surface area contributed by atoms with Gasteiger partial charge in [-0.25, -0.2) is 8.78 Å². The van der Waals surface area contributed by atoms with Crippen molar-refractivity contribution in [3.8, 4) is 16.9 Å². The molecule has 4 aromatic rings. The third kappa shape index (κ3) is 8.00. The highest BCUT2D eigenvalue weighted by Crippen LogP contribution is 2.40. The summed E-state index contributed by atoms with van der Waals surface area (Å²) in [6.45, 7) is 5.21. The van der Waals surface area contributed by atoms with E-state index in [1.807, 2.05) is 45.2 Å². The number of nitrogens with one attached hydrogen (secondary N) is 1. The first-order valence-electron chi connectivity index (χ1n) is 15.2. The summed E-state index contributed by atoms with van der Waals surface area (Å²) in [5.74, 6) is -1.22. The van der Waals surface area contributed by atoms with Gasteiger partial charge in [-0.05, 0) is 94.1 Å². The fourth-order valence-corrected chi connectivity index (χ4v) is 7.58. The van der Waals surface area contributed by atoms with Gasteiger partial charge in [0.1, 0.15) is 28.0 Å². The Morgan fingerprint density at radius 2 is 1.64 bits per heavy atom. The number of ether oxygens (including phenoxy) is 1. The smallest absolute Gasteiger partial charge is 0.272 e. The zero-order valence-corrected chi connectivity index (χ0v) is 29.9. The predicted molar refractivity (Wildman–Crippen MR) is 190 cm³/mol. The number of rotatable bonds is 10. The maximum absolute atomic E-state index is 14.7. The summed E-state index contributed by atoms with van der Waals surface area (Å²) < 4.78 is 35.2. The Labute approximate surface area is 295 Å². The van der Waals surface area contributed by atoms with Crippen LogP contribution >= 0.6 is 47.8 Å². The number of aromatic nitrogens is 1. The van der Waals surface area contributed by atoms with E-state index in [1.54, 1.807) is 29.2 Å². The maximum Gasteiger partial charge on any atom is 0.272 e. The number of benzene rings is 2. The van der Waals surface area contributed by atoms with Gasteiger partial charge < -0.3 is 19.9 Å². The van der Waals surface area contributed by atoms with Crippen molar-refractivity contribution in [1.82, 2.24) is 20.1 Å². The van der Waals surface area contributed by atoms with Gasteiger partial charge in [0.05, 0.1) is 22.2 Å². The van der Waals surface area contributed by atoms with E-state index >= 15 is 0 Å². The lowest BCUT2D eigenvalue weighted by Gasteiger charge is -2.37. The lowest BCUT2D eigenvalue weighted by Crippen LogP contribution is -2.44. The molecule has 1 saturated carbocycles. The number of nitrogens with zero attached hydrogens (tertiary/aromatic N) is 3. The summed E-state index contributed by atoms with van der Waals surface area (Å²) in [5, 5.41) is 3.18. The lowest BCUT2D eigenvalue weighted by atomic mass is 9.89. The van der Waals surface area contributed by atoms with E-state index in [0.29, 0.717) is 30.6 Å². The van der Waals surface area contributed by atoms with E-state index < -0.39 is 11.6 Å². The molecular formula is C34H39Cl3F2N4O3S. The first-order chi connectivity index (χ1) is 21.7. The third-order valence-corrected chi connectivity index (χ3v) is 10.3. The quantitative estimate of drug-likeness (QED) is 0.178. The van der Waals surface area contributed by atoms with Gasteiger partial charge in [-0.3, -0.25) is 14.6 Å². The van der Waals surface area contributed by atoms with Crippen LogP contribution in [0.3, 0.4) is 0 Å². The number of fused-ring (bicyclic) bond motifs is 1. The molecule has 47 heavy (non-hydrogen) atoms. The Kier molecular flexibility index (Phi) is 13.8. The fraction of sp³-hybridized carbons (Fsp3) is 0.382. The molecule has 0 unspecified atom stereocenters. The number of pyridine rings is 1. The Morgan fingerprint density at radius 3 is 2.26 bits per heavy atom. The Hall–Kier alpha value is -3.02. The molecule has 0 spiro atoms. The zero-order valence-electron chi connectivity index (χ0n) is 26.6. The van der Waals surface area contributed by atoms with Crippen molar-refractivity contribution in [3.05, 3.63) is 81.5 Å². The van der Waals surface area contributed by atoms with Gasteiger partial charge in [0.2, 0.25) is 0 Å². The van der Waals surface area contributed by atoms with E-state index in [0.717, 1.165) is 65.8 Å². The molecule has 1 N–H and O–H groups in total. The van der Waals surface area contributed by atoms with Crippen molar-refractivity contribution < 1.29 is 23.1 Å².